The van der Waals surface area contributed by atoms with E-state index in [4.69, 9.17) is 0 Å². The highest BCUT2D eigenvalue weighted by Gasteiger charge is 2.33. The van der Waals surface area contributed by atoms with Gasteiger partial charge >= 0.3 is 0 Å². The van der Waals surface area contributed by atoms with E-state index in [0.29, 0.717) is 10.3 Å². The van der Waals surface area contributed by atoms with Crippen molar-refractivity contribution < 1.29 is 4.79 Å². The minimum atomic E-state index is 0.00303. The average Bonchev–Trinajstić information content (AvgIpc) is 3.22. The highest BCUT2D eigenvalue weighted by atomic mass is 32.2. The van der Waals surface area contributed by atoms with Crippen LogP contribution in [0, 0.1) is 0 Å². The summed E-state index contributed by atoms with van der Waals surface area (Å²) in [4.78, 5) is 20.1. The Hall–Kier alpha value is -1.72. The molecular weight excluding hydrogens is 312 g/mol. The molecule has 1 aromatic carbocycles. The van der Waals surface area contributed by atoms with Gasteiger partial charge in [0.25, 0.3) is 0 Å². The molecule has 22 heavy (non-hydrogen) atoms. The molecule has 1 aliphatic rings. The highest BCUT2D eigenvalue weighted by molar-refractivity contribution is 8.20. The number of ketones is 1. The molecule has 3 heterocycles. The van der Waals surface area contributed by atoms with Crippen LogP contribution in [0.25, 0.3) is 10.9 Å². The van der Waals surface area contributed by atoms with Crippen molar-refractivity contribution in [3.63, 3.8) is 0 Å². The second-order valence-corrected chi connectivity index (χ2v) is 7.96. The summed E-state index contributed by atoms with van der Waals surface area (Å²) in [5, 5.41) is 1.09. The number of fused-ring (bicyclic) bond motifs is 1. The molecule has 0 radical (unpaired) electrons. The molecule has 1 saturated heterocycles. The standard InChI is InChI=1S/C17H14N2OS2/c20-16(14-8-11-4-1-2-6-13(11)19-14)15-10-21-17(22-15)12-5-3-7-18-9-12/h1-9,15,17,19H,10H2. The lowest BCUT2D eigenvalue weighted by Gasteiger charge is -2.08. The maximum atomic E-state index is 12.7. The third kappa shape index (κ3) is 2.55. The summed E-state index contributed by atoms with van der Waals surface area (Å²) in [7, 11) is 0. The number of hydrogen-bond acceptors (Lipinski definition) is 4. The molecule has 0 spiro atoms. The van der Waals surface area contributed by atoms with E-state index in [1.807, 2.05) is 54.4 Å². The van der Waals surface area contributed by atoms with Gasteiger partial charge in [-0.3, -0.25) is 9.78 Å². The molecule has 1 aliphatic heterocycles. The summed E-state index contributed by atoms with van der Waals surface area (Å²) in [5.41, 5.74) is 2.92. The first-order valence-corrected chi connectivity index (χ1v) is 9.09. The predicted octanol–water partition coefficient (Wildman–Crippen LogP) is 4.29. The molecular formula is C17H14N2OS2. The summed E-state index contributed by atoms with van der Waals surface area (Å²) >= 11 is 3.55. The molecule has 5 heteroatoms. The minimum absolute atomic E-state index is 0.00303. The fourth-order valence-electron chi connectivity index (χ4n) is 2.61. The van der Waals surface area contributed by atoms with Gasteiger partial charge in [-0.1, -0.05) is 24.3 Å². The minimum Gasteiger partial charge on any atom is -0.352 e. The zero-order valence-corrected chi connectivity index (χ0v) is 13.4. The molecule has 3 nitrogen and oxygen atoms in total. The van der Waals surface area contributed by atoms with Crippen LogP contribution in [-0.4, -0.2) is 26.8 Å². The summed E-state index contributed by atoms with van der Waals surface area (Å²) in [5.74, 6) is 1.04. The van der Waals surface area contributed by atoms with Gasteiger partial charge in [0.2, 0.25) is 0 Å². The summed E-state index contributed by atoms with van der Waals surface area (Å²) < 4.78 is 0.298. The fraction of sp³-hybridized carbons (Fsp3) is 0.176. The predicted molar refractivity (Wildman–Crippen MR) is 93.4 cm³/mol. The van der Waals surface area contributed by atoms with Crippen LogP contribution < -0.4 is 0 Å². The quantitative estimate of drug-likeness (QED) is 0.729. The number of rotatable bonds is 3. The number of para-hydroxylation sites is 1. The number of nitrogens with one attached hydrogen (secondary N) is 1. The summed E-state index contributed by atoms with van der Waals surface area (Å²) in [6, 6.07) is 14.0. The van der Waals surface area contributed by atoms with Gasteiger partial charge in [0, 0.05) is 29.0 Å². The Balaban J connectivity index is 1.54. The third-order valence-corrected chi connectivity index (χ3v) is 7.01. The Morgan fingerprint density at radius 2 is 2.14 bits per heavy atom. The van der Waals surface area contributed by atoms with Crippen molar-refractivity contribution in [1.29, 1.82) is 0 Å². The van der Waals surface area contributed by atoms with Crippen molar-refractivity contribution in [2.75, 3.05) is 5.75 Å². The monoisotopic (exact) mass is 326 g/mol. The van der Waals surface area contributed by atoms with E-state index in [-0.39, 0.29) is 11.0 Å². The van der Waals surface area contributed by atoms with Crippen LogP contribution >= 0.6 is 23.5 Å². The Morgan fingerprint density at radius 3 is 2.95 bits per heavy atom. The number of Topliss-reactive ketones (excluding diaryl/α,β-unsaturated/α-hetero) is 1. The zero-order valence-electron chi connectivity index (χ0n) is 11.7. The van der Waals surface area contributed by atoms with Crippen molar-refractivity contribution >= 4 is 40.2 Å². The summed E-state index contributed by atoms with van der Waals surface area (Å²) in [6.07, 6.45) is 3.67. The summed E-state index contributed by atoms with van der Waals surface area (Å²) in [6.45, 7) is 0. The molecule has 1 fully saturated rings. The number of aromatic amines is 1. The van der Waals surface area contributed by atoms with Gasteiger partial charge in [0.15, 0.2) is 5.78 Å². The van der Waals surface area contributed by atoms with E-state index >= 15 is 0 Å². The van der Waals surface area contributed by atoms with Crippen LogP contribution in [0.3, 0.4) is 0 Å². The van der Waals surface area contributed by atoms with Crippen molar-refractivity contribution in [3.8, 4) is 0 Å². The normalized spacial score (nSPS) is 21.3. The topological polar surface area (TPSA) is 45.8 Å². The number of aromatic nitrogens is 2. The molecule has 2 unspecified atom stereocenters. The van der Waals surface area contributed by atoms with E-state index in [0.717, 1.165) is 16.7 Å². The Bertz CT molecular complexity index is 783. The number of hydrogen-bond donors (Lipinski definition) is 1. The average molecular weight is 326 g/mol. The maximum Gasteiger partial charge on any atom is 0.192 e. The fourth-order valence-corrected chi connectivity index (χ4v) is 5.79. The number of carbonyl (C=O) groups excluding carboxylic acids is 1. The highest BCUT2D eigenvalue weighted by Crippen LogP contribution is 2.49. The molecule has 0 saturated carbocycles. The first kappa shape index (κ1) is 13.9. The molecule has 2 aromatic heterocycles. The zero-order chi connectivity index (χ0) is 14.9. The maximum absolute atomic E-state index is 12.7. The second-order valence-electron chi connectivity index (χ2n) is 5.21. The molecule has 3 aromatic rings. The van der Waals surface area contributed by atoms with Crippen molar-refractivity contribution in [1.82, 2.24) is 9.97 Å². The van der Waals surface area contributed by atoms with Crippen molar-refractivity contribution in [2.45, 2.75) is 9.83 Å². The lowest BCUT2D eigenvalue weighted by atomic mass is 10.2. The van der Waals surface area contributed by atoms with Crippen LogP contribution in [0.1, 0.15) is 20.6 Å². The van der Waals surface area contributed by atoms with Crippen LogP contribution in [0.5, 0.6) is 0 Å². The van der Waals surface area contributed by atoms with Gasteiger partial charge in [0.1, 0.15) is 0 Å². The molecule has 0 bridgehead atoms. The first-order chi connectivity index (χ1) is 10.8. The number of pyridine rings is 1. The molecule has 0 aliphatic carbocycles. The molecule has 4 rings (SSSR count). The van der Waals surface area contributed by atoms with Crippen LogP contribution in [0.4, 0.5) is 0 Å². The van der Waals surface area contributed by atoms with Gasteiger partial charge in [-0.2, -0.15) is 0 Å². The van der Waals surface area contributed by atoms with E-state index in [1.165, 1.54) is 5.56 Å². The Kier molecular flexibility index (Phi) is 3.68. The second kappa shape index (κ2) is 5.82. The molecule has 110 valence electrons. The molecule has 2 atom stereocenters. The van der Waals surface area contributed by atoms with Crippen molar-refractivity contribution in [2.24, 2.45) is 0 Å². The number of H-pyrrole nitrogens is 1. The Morgan fingerprint density at radius 1 is 1.23 bits per heavy atom. The third-order valence-electron chi connectivity index (χ3n) is 3.73. The van der Waals surface area contributed by atoms with Gasteiger partial charge in [-0.15, -0.1) is 23.5 Å². The number of nitrogens with zero attached hydrogens (tertiary/aromatic N) is 1. The van der Waals surface area contributed by atoms with Crippen LogP contribution in [0.15, 0.2) is 54.9 Å². The van der Waals surface area contributed by atoms with E-state index in [1.54, 1.807) is 18.0 Å². The van der Waals surface area contributed by atoms with Gasteiger partial charge in [-0.25, -0.2) is 0 Å². The molecule has 1 N–H and O–H groups in total. The van der Waals surface area contributed by atoms with Gasteiger partial charge < -0.3 is 4.98 Å². The lowest BCUT2D eigenvalue weighted by Crippen LogP contribution is -2.17. The van der Waals surface area contributed by atoms with Crippen molar-refractivity contribution in [3.05, 3.63) is 66.1 Å². The molecule has 0 amide bonds. The van der Waals surface area contributed by atoms with Crippen LogP contribution in [-0.2, 0) is 0 Å². The SMILES string of the molecule is O=C(c1cc2ccccc2[nH]1)C1CSC(c2cccnc2)S1. The number of thioether (sulfide) groups is 2. The van der Waals surface area contributed by atoms with Gasteiger partial charge in [-0.05, 0) is 23.8 Å². The Labute approximate surface area is 136 Å². The van der Waals surface area contributed by atoms with Gasteiger partial charge in [0.05, 0.1) is 15.5 Å². The number of benzene rings is 1. The smallest absolute Gasteiger partial charge is 0.192 e. The van der Waals surface area contributed by atoms with E-state index in [2.05, 4.69) is 16.0 Å². The lowest BCUT2D eigenvalue weighted by molar-refractivity contribution is 0.0992. The van der Waals surface area contributed by atoms with Crippen LogP contribution in [0.2, 0.25) is 0 Å². The first-order valence-electron chi connectivity index (χ1n) is 7.10. The van der Waals surface area contributed by atoms with E-state index < -0.39 is 0 Å². The van der Waals surface area contributed by atoms with E-state index in [9.17, 15) is 4.79 Å². The largest absolute Gasteiger partial charge is 0.352 e. The number of carbonyl (C=O) groups is 1.